The van der Waals surface area contributed by atoms with Crippen LogP contribution in [0.1, 0.15) is 6.42 Å². The van der Waals surface area contributed by atoms with Gasteiger partial charge in [-0.2, -0.15) is 21.6 Å². The van der Waals surface area contributed by atoms with Gasteiger partial charge in [-0.3, -0.25) is 0 Å². The van der Waals surface area contributed by atoms with E-state index in [0.717, 1.165) is 0 Å². The molecule has 14 heavy (non-hydrogen) atoms. The summed E-state index contributed by atoms with van der Waals surface area (Å²) in [6.45, 7) is -0.142. The van der Waals surface area contributed by atoms with Crippen LogP contribution >= 0.6 is 0 Å². The molecule has 0 N–H and O–H groups in total. The van der Waals surface area contributed by atoms with Crippen molar-refractivity contribution in [3.63, 3.8) is 0 Å². The first kappa shape index (κ1) is 11.2. The number of cyclic esters (lactones) is 1. The summed E-state index contributed by atoms with van der Waals surface area (Å²) in [4.78, 5) is 10.6. The van der Waals surface area contributed by atoms with Gasteiger partial charge in [-0.25, -0.2) is 8.98 Å². The van der Waals surface area contributed by atoms with Crippen molar-refractivity contribution in [1.29, 1.82) is 0 Å². The largest absolute Gasteiger partial charge is 0.523 e. The number of ether oxygens (including phenoxy) is 1. The van der Waals surface area contributed by atoms with Gasteiger partial charge in [0.1, 0.15) is 0 Å². The van der Waals surface area contributed by atoms with Crippen LogP contribution < -0.4 is 0 Å². The second-order valence-corrected chi connectivity index (χ2v) is 4.00. The highest BCUT2D eigenvalue weighted by Gasteiger charge is 2.50. The van der Waals surface area contributed by atoms with Crippen molar-refractivity contribution >= 4 is 16.1 Å². The fourth-order valence-corrected chi connectivity index (χ4v) is 1.36. The van der Waals surface area contributed by atoms with Crippen LogP contribution in [0.3, 0.4) is 0 Å². The van der Waals surface area contributed by atoms with Crippen molar-refractivity contribution in [2.24, 2.45) is 0 Å². The van der Waals surface area contributed by atoms with Crippen LogP contribution in [0.15, 0.2) is 0 Å². The number of esters is 1. The molecule has 0 saturated carbocycles. The van der Waals surface area contributed by atoms with E-state index in [-0.39, 0.29) is 13.0 Å². The molecule has 0 amide bonds. The Bertz CT molecular complexity index is 332. The highest BCUT2D eigenvalue weighted by Crippen LogP contribution is 2.27. The zero-order valence-electron chi connectivity index (χ0n) is 6.57. The van der Waals surface area contributed by atoms with Gasteiger partial charge in [0.25, 0.3) is 0 Å². The number of halogens is 3. The summed E-state index contributed by atoms with van der Waals surface area (Å²) in [6, 6.07) is 0. The fourth-order valence-electron chi connectivity index (χ4n) is 0.772. The van der Waals surface area contributed by atoms with Gasteiger partial charge in [0.15, 0.2) is 6.10 Å². The van der Waals surface area contributed by atoms with Gasteiger partial charge in [0.05, 0.1) is 6.61 Å². The topological polar surface area (TPSA) is 69.7 Å². The van der Waals surface area contributed by atoms with E-state index < -0.39 is 27.7 Å². The lowest BCUT2D eigenvalue weighted by molar-refractivity contribution is -0.144. The third-order valence-corrected chi connectivity index (χ3v) is 2.47. The van der Waals surface area contributed by atoms with Crippen LogP contribution in [-0.2, 0) is 23.8 Å². The van der Waals surface area contributed by atoms with Crippen LogP contribution in [0.4, 0.5) is 13.2 Å². The Morgan fingerprint density at radius 2 is 2.00 bits per heavy atom. The van der Waals surface area contributed by atoms with E-state index in [1.54, 1.807) is 0 Å². The molecule has 5 nitrogen and oxygen atoms in total. The van der Waals surface area contributed by atoms with Gasteiger partial charge >= 0.3 is 21.6 Å². The van der Waals surface area contributed by atoms with Crippen LogP contribution in [-0.4, -0.2) is 32.6 Å². The molecule has 0 aromatic rings. The van der Waals surface area contributed by atoms with Gasteiger partial charge in [-0.05, 0) is 0 Å². The second kappa shape index (κ2) is 3.39. The van der Waals surface area contributed by atoms with Gasteiger partial charge in [0, 0.05) is 6.42 Å². The van der Waals surface area contributed by atoms with E-state index in [9.17, 15) is 26.4 Å². The molecular weight excluding hydrogens is 229 g/mol. The number of alkyl halides is 3. The molecule has 1 saturated heterocycles. The number of hydrogen-bond acceptors (Lipinski definition) is 5. The van der Waals surface area contributed by atoms with Gasteiger partial charge in [-0.15, -0.1) is 0 Å². The predicted molar refractivity (Wildman–Crippen MR) is 35.4 cm³/mol. The molecule has 1 rings (SSSR count). The minimum Gasteiger partial charge on any atom is -0.464 e. The highest BCUT2D eigenvalue weighted by molar-refractivity contribution is 7.87. The maximum Gasteiger partial charge on any atom is 0.523 e. The van der Waals surface area contributed by atoms with Crippen LogP contribution in [0.25, 0.3) is 0 Å². The molecule has 9 heteroatoms. The average molecular weight is 234 g/mol. The first-order valence-electron chi connectivity index (χ1n) is 3.40. The van der Waals surface area contributed by atoms with Crippen molar-refractivity contribution in [3.05, 3.63) is 0 Å². The zero-order chi connectivity index (χ0) is 11.0. The number of hydrogen-bond donors (Lipinski definition) is 0. The molecule has 0 radical (unpaired) electrons. The molecule has 0 aliphatic carbocycles. The van der Waals surface area contributed by atoms with E-state index in [2.05, 4.69) is 8.92 Å². The van der Waals surface area contributed by atoms with Crippen molar-refractivity contribution < 1.29 is 35.3 Å². The summed E-state index contributed by atoms with van der Waals surface area (Å²) in [5, 5.41) is 0. The van der Waals surface area contributed by atoms with E-state index in [4.69, 9.17) is 0 Å². The first-order chi connectivity index (χ1) is 6.24. The normalized spacial score (nSPS) is 23.6. The maximum absolute atomic E-state index is 11.7. The summed E-state index contributed by atoms with van der Waals surface area (Å²) in [5.74, 6) is -1.10. The van der Waals surface area contributed by atoms with Crippen LogP contribution in [0, 0.1) is 0 Å². The molecule has 0 spiro atoms. The van der Waals surface area contributed by atoms with Crippen LogP contribution in [0.2, 0.25) is 0 Å². The minimum atomic E-state index is -5.71. The Morgan fingerprint density at radius 1 is 1.43 bits per heavy atom. The average Bonchev–Trinajstić information content (AvgIpc) is 2.33. The quantitative estimate of drug-likeness (QED) is 0.387. The zero-order valence-corrected chi connectivity index (χ0v) is 7.39. The van der Waals surface area contributed by atoms with E-state index >= 15 is 0 Å². The third-order valence-electron chi connectivity index (χ3n) is 1.41. The maximum atomic E-state index is 11.7. The van der Waals surface area contributed by atoms with Gasteiger partial charge < -0.3 is 4.74 Å². The standard InChI is InChI=1S/C5H5F3O5S/c6-5(7,8)14(10,11)13-3-1-2-12-4(3)9/h3H,1-2H2/t3-/m0/s1. The Balaban J connectivity index is 2.74. The summed E-state index contributed by atoms with van der Waals surface area (Å²) in [5.41, 5.74) is -5.52. The lowest BCUT2D eigenvalue weighted by Crippen LogP contribution is -2.32. The lowest BCUT2D eigenvalue weighted by Gasteiger charge is -2.10. The summed E-state index contributed by atoms with van der Waals surface area (Å²) >= 11 is 0. The van der Waals surface area contributed by atoms with Gasteiger partial charge in [-0.1, -0.05) is 0 Å². The summed E-state index contributed by atoms with van der Waals surface area (Å²) < 4.78 is 63.9. The third kappa shape index (κ3) is 2.15. The monoisotopic (exact) mass is 234 g/mol. The number of carbonyl (C=O) groups is 1. The second-order valence-electron chi connectivity index (χ2n) is 2.44. The van der Waals surface area contributed by atoms with Crippen molar-refractivity contribution in [1.82, 2.24) is 0 Å². The molecular formula is C5H5F3O5S. The Hall–Kier alpha value is -0.830. The van der Waals surface area contributed by atoms with E-state index in [1.165, 1.54) is 0 Å². The van der Waals surface area contributed by atoms with Crippen molar-refractivity contribution in [2.75, 3.05) is 6.61 Å². The summed E-state index contributed by atoms with van der Waals surface area (Å²) in [7, 11) is -5.71. The Labute approximate surface area is 76.9 Å². The molecule has 1 atom stereocenters. The summed E-state index contributed by atoms with van der Waals surface area (Å²) in [6.07, 6.45) is -1.88. The van der Waals surface area contributed by atoms with Crippen molar-refractivity contribution in [2.45, 2.75) is 18.0 Å². The number of carbonyl (C=O) groups excluding carboxylic acids is 1. The SMILES string of the molecule is O=C1OCC[C@@H]1OS(=O)(=O)C(F)(F)F. The van der Waals surface area contributed by atoms with Gasteiger partial charge in [0.2, 0.25) is 0 Å². The molecule has 0 unspecified atom stereocenters. The molecule has 0 aromatic carbocycles. The molecule has 1 aliphatic heterocycles. The first-order valence-corrected chi connectivity index (χ1v) is 4.81. The van der Waals surface area contributed by atoms with E-state index in [0.29, 0.717) is 0 Å². The Kier molecular flexibility index (Phi) is 2.72. The predicted octanol–water partition coefficient (Wildman–Crippen LogP) is 0.168. The fraction of sp³-hybridized carbons (Fsp3) is 0.800. The van der Waals surface area contributed by atoms with E-state index in [1.807, 2.05) is 0 Å². The highest BCUT2D eigenvalue weighted by atomic mass is 32.2. The minimum absolute atomic E-state index is 0.142. The Morgan fingerprint density at radius 3 is 2.36 bits per heavy atom. The van der Waals surface area contributed by atoms with Crippen LogP contribution in [0.5, 0.6) is 0 Å². The molecule has 0 bridgehead atoms. The molecule has 1 fully saturated rings. The molecule has 1 heterocycles. The number of rotatable bonds is 2. The molecule has 1 aliphatic rings. The molecule has 82 valence electrons. The smallest absolute Gasteiger partial charge is 0.464 e. The lowest BCUT2D eigenvalue weighted by atomic mass is 10.3. The van der Waals surface area contributed by atoms with Crippen molar-refractivity contribution in [3.8, 4) is 0 Å². The molecule has 0 aromatic heterocycles.